The maximum atomic E-state index is 9.84. The van der Waals surface area contributed by atoms with Crippen molar-refractivity contribution in [2.24, 2.45) is 0 Å². The van der Waals surface area contributed by atoms with Crippen molar-refractivity contribution < 1.29 is 5.11 Å². The van der Waals surface area contributed by atoms with Gasteiger partial charge >= 0.3 is 0 Å². The summed E-state index contributed by atoms with van der Waals surface area (Å²) in [6.07, 6.45) is 3.29. The highest BCUT2D eigenvalue weighted by Crippen LogP contribution is 2.50. The van der Waals surface area contributed by atoms with Crippen LogP contribution < -0.4 is 4.90 Å². The fourth-order valence-corrected chi connectivity index (χ4v) is 5.24. The Morgan fingerprint density at radius 1 is 1.23 bits per heavy atom. The fourth-order valence-electron chi connectivity index (χ4n) is 4.19. The summed E-state index contributed by atoms with van der Waals surface area (Å²) in [5, 5.41) is 19.2. The first kappa shape index (κ1) is 17.4. The van der Waals surface area contributed by atoms with E-state index in [0.29, 0.717) is 5.56 Å². The van der Waals surface area contributed by atoms with Gasteiger partial charge in [-0.1, -0.05) is 30.8 Å². The van der Waals surface area contributed by atoms with Gasteiger partial charge in [0.15, 0.2) is 0 Å². The number of fused-ring (bicyclic) bond motifs is 2. The quantitative estimate of drug-likeness (QED) is 0.873. The SMILES string of the molecule is CCC(N1c2ccccc2Sc2ccc(C#N)cc21)N1CCC[C@H]1CO. The summed E-state index contributed by atoms with van der Waals surface area (Å²) in [6, 6.07) is 16.9. The minimum Gasteiger partial charge on any atom is -0.395 e. The average Bonchev–Trinajstić information content (AvgIpc) is 3.16. The molecule has 2 aromatic rings. The Labute approximate surface area is 159 Å². The van der Waals surface area contributed by atoms with Gasteiger partial charge in [-0.3, -0.25) is 4.90 Å². The molecule has 26 heavy (non-hydrogen) atoms. The summed E-state index contributed by atoms with van der Waals surface area (Å²) in [5.74, 6) is 0. The first-order chi connectivity index (χ1) is 12.8. The average molecular weight is 366 g/mol. The second kappa shape index (κ2) is 7.32. The van der Waals surface area contributed by atoms with Crippen molar-refractivity contribution in [1.29, 1.82) is 5.26 Å². The predicted molar refractivity (Wildman–Crippen MR) is 105 cm³/mol. The van der Waals surface area contributed by atoms with Crippen LogP contribution in [0, 0.1) is 11.3 Å². The maximum absolute atomic E-state index is 9.84. The van der Waals surface area contributed by atoms with Gasteiger partial charge in [0.25, 0.3) is 0 Å². The number of hydrogen-bond donors (Lipinski definition) is 1. The molecule has 0 aromatic heterocycles. The third-order valence-electron chi connectivity index (χ3n) is 5.37. The summed E-state index contributed by atoms with van der Waals surface area (Å²) in [5.41, 5.74) is 2.97. The highest BCUT2D eigenvalue weighted by atomic mass is 32.2. The molecule has 1 fully saturated rings. The van der Waals surface area contributed by atoms with Gasteiger partial charge in [-0.2, -0.15) is 5.26 Å². The molecular weight excluding hydrogens is 342 g/mol. The van der Waals surface area contributed by atoms with Crippen LogP contribution in [0.3, 0.4) is 0 Å². The lowest BCUT2D eigenvalue weighted by molar-refractivity contribution is 0.118. The van der Waals surface area contributed by atoms with Crippen molar-refractivity contribution in [1.82, 2.24) is 4.90 Å². The molecule has 0 spiro atoms. The molecule has 0 radical (unpaired) electrons. The van der Waals surface area contributed by atoms with Crippen molar-refractivity contribution >= 4 is 23.1 Å². The van der Waals surface area contributed by atoms with Crippen LogP contribution in [0.15, 0.2) is 52.3 Å². The van der Waals surface area contributed by atoms with E-state index in [2.05, 4.69) is 53.1 Å². The second-order valence-corrected chi connectivity index (χ2v) is 7.92. The minimum atomic E-state index is 0.171. The molecule has 134 valence electrons. The number of likely N-dealkylation sites (tertiary alicyclic amines) is 1. The van der Waals surface area contributed by atoms with Gasteiger partial charge in [0.05, 0.1) is 35.8 Å². The van der Waals surface area contributed by atoms with Crippen LogP contribution in [0.1, 0.15) is 31.7 Å². The summed E-state index contributed by atoms with van der Waals surface area (Å²) in [7, 11) is 0. The molecule has 5 heteroatoms. The highest BCUT2D eigenvalue weighted by Gasteiger charge is 2.36. The van der Waals surface area contributed by atoms with E-state index in [1.54, 1.807) is 11.8 Å². The molecule has 1 unspecified atom stereocenters. The van der Waals surface area contributed by atoms with Crippen LogP contribution in [0.25, 0.3) is 0 Å². The number of benzene rings is 2. The van der Waals surface area contributed by atoms with Crippen LogP contribution in [0.5, 0.6) is 0 Å². The number of aliphatic hydroxyl groups excluding tert-OH is 1. The monoisotopic (exact) mass is 365 g/mol. The van der Waals surface area contributed by atoms with Gasteiger partial charge in [0, 0.05) is 22.4 Å². The van der Waals surface area contributed by atoms with Crippen LogP contribution in [-0.2, 0) is 0 Å². The lowest BCUT2D eigenvalue weighted by atomic mass is 10.1. The highest BCUT2D eigenvalue weighted by molar-refractivity contribution is 7.99. The smallest absolute Gasteiger partial charge is 0.0992 e. The third-order valence-corrected chi connectivity index (χ3v) is 6.50. The van der Waals surface area contributed by atoms with Crippen molar-refractivity contribution in [2.45, 2.75) is 48.2 Å². The van der Waals surface area contributed by atoms with Gasteiger partial charge in [-0.05, 0) is 49.6 Å². The zero-order valence-electron chi connectivity index (χ0n) is 14.9. The molecule has 2 aromatic carbocycles. The molecule has 2 atom stereocenters. The molecule has 0 saturated carbocycles. The lowest BCUT2D eigenvalue weighted by Gasteiger charge is -2.44. The Kier molecular flexibility index (Phi) is 4.90. The van der Waals surface area contributed by atoms with E-state index in [-0.39, 0.29) is 18.8 Å². The van der Waals surface area contributed by atoms with Crippen LogP contribution in [0.4, 0.5) is 11.4 Å². The van der Waals surface area contributed by atoms with E-state index < -0.39 is 0 Å². The molecule has 1 N–H and O–H groups in total. The first-order valence-corrected chi connectivity index (χ1v) is 10.0. The summed E-state index contributed by atoms with van der Waals surface area (Å²) >= 11 is 1.76. The number of hydrogen-bond acceptors (Lipinski definition) is 5. The largest absolute Gasteiger partial charge is 0.395 e. The van der Waals surface area contributed by atoms with E-state index >= 15 is 0 Å². The van der Waals surface area contributed by atoms with Gasteiger partial charge in [-0.25, -0.2) is 0 Å². The molecule has 0 bridgehead atoms. The molecule has 0 aliphatic carbocycles. The Balaban J connectivity index is 1.85. The molecule has 4 rings (SSSR count). The molecule has 1 saturated heterocycles. The van der Waals surface area contributed by atoms with Crippen molar-refractivity contribution in [3.8, 4) is 6.07 Å². The van der Waals surface area contributed by atoms with E-state index in [1.165, 1.54) is 15.5 Å². The predicted octanol–water partition coefficient (Wildman–Crippen LogP) is 4.35. The van der Waals surface area contributed by atoms with E-state index in [4.69, 9.17) is 0 Å². The van der Waals surface area contributed by atoms with Crippen molar-refractivity contribution in [3.05, 3.63) is 48.0 Å². The standard InChI is InChI=1S/C21H23N3OS/c1-2-21(23-11-5-6-16(23)14-25)24-17-7-3-4-8-19(17)26-20-10-9-15(13-22)12-18(20)24/h3-4,7-10,12,16,21,25H,2,5-6,11,14H2,1H3/t16-,21?/m0/s1. The fraction of sp³-hybridized carbons (Fsp3) is 0.381. The van der Waals surface area contributed by atoms with E-state index in [9.17, 15) is 10.4 Å². The third kappa shape index (κ3) is 2.88. The zero-order chi connectivity index (χ0) is 18.1. The lowest BCUT2D eigenvalue weighted by Crippen LogP contribution is -2.50. The zero-order valence-corrected chi connectivity index (χ0v) is 15.7. The number of anilines is 2. The number of para-hydroxylation sites is 1. The minimum absolute atomic E-state index is 0.171. The number of nitriles is 1. The topological polar surface area (TPSA) is 50.5 Å². The maximum Gasteiger partial charge on any atom is 0.0992 e. The van der Waals surface area contributed by atoms with Gasteiger partial charge in [-0.15, -0.1) is 0 Å². The summed E-state index contributed by atoms with van der Waals surface area (Å²) in [4.78, 5) is 7.25. The van der Waals surface area contributed by atoms with E-state index in [1.807, 2.05) is 12.1 Å². The van der Waals surface area contributed by atoms with Gasteiger partial charge < -0.3 is 10.0 Å². The number of aliphatic hydroxyl groups is 1. The van der Waals surface area contributed by atoms with Crippen molar-refractivity contribution in [3.63, 3.8) is 0 Å². The molecule has 0 amide bonds. The Morgan fingerprint density at radius 2 is 2.04 bits per heavy atom. The number of nitrogens with zero attached hydrogens (tertiary/aromatic N) is 3. The van der Waals surface area contributed by atoms with Gasteiger partial charge in [0.1, 0.15) is 0 Å². The summed E-state index contributed by atoms with van der Waals surface area (Å²) in [6.45, 7) is 3.41. The van der Waals surface area contributed by atoms with Crippen LogP contribution in [0.2, 0.25) is 0 Å². The number of rotatable bonds is 4. The van der Waals surface area contributed by atoms with Crippen LogP contribution >= 0.6 is 11.8 Å². The second-order valence-electron chi connectivity index (χ2n) is 6.84. The Hall–Kier alpha value is -2.00. The molecule has 2 heterocycles. The Bertz CT molecular complexity index is 847. The molecule has 2 aliphatic heterocycles. The first-order valence-electron chi connectivity index (χ1n) is 9.23. The van der Waals surface area contributed by atoms with Crippen molar-refractivity contribution in [2.75, 3.05) is 18.1 Å². The summed E-state index contributed by atoms with van der Waals surface area (Å²) < 4.78 is 0. The molecular formula is C21H23N3OS. The van der Waals surface area contributed by atoms with Gasteiger partial charge in [0.2, 0.25) is 0 Å². The normalized spacial score (nSPS) is 20.3. The Morgan fingerprint density at radius 3 is 2.81 bits per heavy atom. The molecule has 2 aliphatic rings. The van der Waals surface area contributed by atoms with Crippen LogP contribution in [-0.4, -0.2) is 35.4 Å². The van der Waals surface area contributed by atoms with E-state index in [0.717, 1.165) is 31.5 Å². The molecule has 4 nitrogen and oxygen atoms in total.